The highest BCUT2D eigenvalue weighted by Gasteiger charge is 2.24. The summed E-state index contributed by atoms with van der Waals surface area (Å²) in [5.74, 6) is 0.506. The monoisotopic (exact) mass is 298 g/mol. The van der Waals surface area contributed by atoms with Crippen LogP contribution in [0, 0.1) is 0 Å². The maximum Gasteiger partial charge on any atom is 0.264 e. The standard InChI is InChI=1S/C16H14N2O2S/c1-2-11-6-3-4-8-13(11)17-16-18-15(19)14(21-16)10-12-7-5-9-20-12/h3-10H,2H2,1H3,(H,17,18,19). The molecule has 1 aliphatic heterocycles. The number of amides is 1. The minimum absolute atomic E-state index is 0.149. The summed E-state index contributed by atoms with van der Waals surface area (Å²) >= 11 is 1.32. The van der Waals surface area contributed by atoms with Gasteiger partial charge in [-0.2, -0.15) is 0 Å². The Bertz CT molecular complexity index is 718. The molecule has 1 amide bonds. The number of benzene rings is 1. The zero-order valence-electron chi connectivity index (χ0n) is 11.5. The third-order valence-corrected chi connectivity index (χ3v) is 3.97. The smallest absolute Gasteiger partial charge is 0.264 e. The van der Waals surface area contributed by atoms with E-state index in [-0.39, 0.29) is 5.91 Å². The van der Waals surface area contributed by atoms with Crippen molar-refractivity contribution in [2.45, 2.75) is 13.3 Å². The van der Waals surface area contributed by atoms with Crippen molar-refractivity contribution in [2.75, 3.05) is 0 Å². The van der Waals surface area contributed by atoms with Crippen molar-refractivity contribution in [3.63, 3.8) is 0 Å². The van der Waals surface area contributed by atoms with E-state index in [9.17, 15) is 4.79 Å². The Kier molecular flexibility index (Phi) is 3.92. The molecule has 0 radical (unpaired) electrons. The third kappa shape index (κ3) is 3.08. The summed E-state index contributed by atoms with van der Waals surface area (Å²) in [6.45, 7) is 2.08. The van der Waals surface area contributed by atoms with Gasteiger partial charge in [-0.05, 0) is 41.9 Å². The molecule has 0 bridgehead atoms. The summed E-state index contributed by atoms with van der Waals surface area (Å²) in [6.07, 6.45) is 4.20. The van der Waals surface area contributed by atoms with E-state index in [1.807, 2.05) is 30.3 Å². The number of hydrogen-bond acceptors (Lipinski definition) is 4. The largest absolute Gasteiger partial charge is 0.465 e. The Morgan fingerprint density at radius 3 is 2.90 bits per heavy atom. The fourth-order valence-electron chi connectivity index (χ4n) is 2.01. The van der Waals surface area contributed by atoms with E-state index in [1.165, 1.54) is 11.8 Å². The van der Waals surface area contributed by atoms with Gasteiger partial charge in [-0.25, -0.2) is 4.99 Å². The maximum atomic E-state index is 11.9. The Morgan fingerprint density at radius 2 is 2.14 bits per heavy atom. The lowest BCUT2D eigenvalue weighted by Gasteiger charge is -2.02. The summed E-state index contributed by atoms with van der Waals surface area (Å²) in [6, 6.07) is 11.5. The lowest BCUT2D eigenvalue weighted by atomic mass is 10.1. The van der Waals surface area contributed by atoms with Crippen molar-refractivity contribution >= 4 is 34.6 Å². The third-order valence-electron chi connectivity index (χ3n) is 3.06. The van der Waals surface area contributed by atoms with E-state index in [4.69, 9.17) is 4.42 Å². The van der Waals surface area contributed by atoms with Crippen LogP contribution in [0.5, 0.6) is 0 Å². The number of aliphatic imine (C=N–C) groups is 1. The van der Waals surface area contributed by atoms with Crippen LogP contribution in [-0.2, 0) is 11.2 Å². The maximum absolute atomic E-state index is 11.9. The molecule has 0 spiro atoms. The fourth-order valence-corrected chi connectivity index (χ4v) is 2.83. The van der Waals surface area contributed by atoms with Gasteiger partial charge in [0.2, 0.25) is 0 Å². The summed E-state index contributed by atoms with van der Waals surface area (Å²) in [5.41, 5.74) is 2.05. The molecular formula is C16H14N2O2S. The van der Waals surface area contributed by atoms with Crippen LogP contribution in [0.25, 0.3) is 6.08 Å². The molecule has 1 aromatic heterocycles. The second-order valence-electron chi connectivity index (χ2n) is 4.48. The molecule has 0 unspecified atom stereocenters. The SMILES string of the molecule is CCc1ccccc1N=C1NC(=O)C(=Cc2ccco2)S1. The van der Waals surface area contributed by atoms with Crippen molar-refractivity contribution in [3.05, 3.63) is 58.9 Å². The zero-order valence-corrected chi connectivity index (χ0v) is 12.3. The van der Waals surface area contributed by atoms with Crippen molar-refractivity contribution in [1.82, 2.24) is 5.32 Å². The van der Waals surface area contributed by atoms with Crippen LogP contribution < -0.4 is 5.32 Å². The van der Waals surface area contributed by atoms with Gasteiger partial charge in [-0.3, -0.25) is 4.79 Å². The van der Waals surface area contributed by atoms with E-state index >= 15 is 0 Å². The Labute approximate surface area is 127 Å². The minimum Gasteiger partial charge on any atom is -0.465 e. The molecule has 2 aromatic rings. The molecule has 4 nitrogen and oxygen atoms in total. The number of carbonyl (C=O) groups is 1. The number of nitrogens with one attached hydrogen (secondary N) is 1. The van der Waals surface area contributed by atoms with Crippen LogP contribution in [-0.4, -0.2) is 11.1 Å². The number of furan rings is 1. The van der Waals surface area contributed by atoms with E-state index in [2.05, 4.69) is 17.2 Å². The molecule has 1 saturated heterocycles. The van der Waals surface area contributed by atoms with E-state index in [1.54, 1.807) is 18.4 Å². The minimum atomic E-state index is -0.149. The number of aryl methyl sites for hydroxylation is 1. The molecule has 106 valence electrons. The van der Waals surface area contributed by atoms with E-state index in [0.29, 0.717) is 15.8 Å². The van der Waals surface area contributed by atoms with Crippen LogP contribution >= 0.6 is 11.8 Å². The van der Waals surface area contributed by atoms with Crippen molar-refractivity contribution in [3.8, 4) is 0 Å². The van der Waals surface area contributed by atoms with Crippen LogP contribution in [0.3, 0.4) is 0 Å². The number of hydrogen-bond donors (Lipinski definition) is 1. The fraction of sp³-hybridized carbons (Fsp3) is 0.125. The highest BCUT2D eigenvalue weighted by Crippen LogP contribution is 2.29. The van der Waals surface area contributed by atoms with Crippen LogP contribution in [0.4, 0.5) is 5.69 Å². The molecule has 2 heterocycles. The van der Waals surface area contributed by atoms with Crippen LogP contribution in [0.1, 0.15) is 18.2 Å². The van der Waals surface area contributed by atoms with Gasteiger partial charge >= 0.3 is 0 Å². The molecule has 3 rings (SSSR count). The topological polar surface area (TPSA) is 54.6 Å². The molecule has 1 N–H and O–H groups in total. The second-order valence-corrected chi connectivity index (χ2v) is 5.51. The number of rotatable bonds is 3. The van der Waals surface area contributed by atoms with Gasteiger partial charge in [-0.15, -0.1) is 0 Å². The number of nitrogens with zero attached hydrogens (tertiary/aromatic N) is 1. The average Bonchev–Trinajstić information content (AvgIpc) is 3.11. The van der Waals surface area contributed by atoms with Gasteiger partial charge in [0.1, 0.15) is 5.76 Å². The predicted octanol–water partition coefficient (Wildman–Crippen LogP) is 3.73. The van der Waals surface area contributed by atoms with Crippen molar-refractivity contribution in [2.24, 2.45) is 4.99 Å². The lowest BCUT2D eigenvalue weighted by Crippen LogP contribution is -2.19. The number of thioether (sulfide) groups is 1. The average molecular weight is 298 g/mol. The summed E-state index contributed by atoms with van der Waals surface area (Å²) in [7, 11) is 0. The Hall–Kier alpha value is -2.27. The molecule has 0 aliphatic carbocycles. The number of para-hydroxylation sites is 1. The molecule has 5 heteroatoms. The molecule has 0 saturated carbocycles. The van der Waals surface area contributed by atoms with Crippen LogP contribution in [0.15, 0.2) is 57.0 Å². The molecule has 1 aliphatic rings. The number of carbonyl (C=O) groups excluding carboxylic acids is 1. The van der Waals surface area contributed by atoms with Gasteiger partial charge in [0, 0.05) is 6.08 Å². The summed E-state index contributed by atoms with van der Waals surface area (Å²) in [4.78, 5) is 17.0. The molecule has 0 atom stereocenters. The second kappa shape index (κ2) is 6.01. The van der Waals surface area contributed by atoms with Gasteiger partial charge in [0.15, 0.2) is 5.17 Å². The van der Waals surface area contributed by atoms with E-state index in [0.717, 1.165) is 17.7 Å². The zero-order chi connectivity index (χ0) is 14.7. The number of amidine groups is 1. The quantitative estimate of drug-likeness (QED) is 0.878. The molecule has 1 fully saturated rings. The normalized spacial score (nSPS) is 18.4. The van der Waals surface area contributed by atoms with Crippen LogP contribution in [0.2, 0.25) is 0 Å². The predicted molar refractivity (Wildman–Crippen MR) is 85.3 cm³/mol. The Balaban J connectivity index is 1.86. The van der Waals surface area contributed by atoms with Gasteiger partial charge < -0.3 is 9.73 Å². The Morgan fingerprint density at radius 1 is 1.29 bits per heavy atom. The highest BCUT2D eigenvalue weighted by molar-refractivity contribution is 8.18. The first-order valence-electron chi connectivity index (χ1n) is 6.67. The van der Waals surface area contributed by atoms with Crippen molar-refractivity contribution < 1.29 is 9.21 Å². The van der Waals surface area contributed by atoms with Gasteiger partial charge in [0.25, 0.3) is 5.91 Å². The highest BCUT2D eigenvalue weighted by atomic mass is 32.2. The molecular weight excluding hydrogens is 284 g/mol. The summed E-state index contributed by atoms with van der Waals surface area (Å²) < 4.78 is 5.22. The lowest BCUT2D eigenvalue weighted by molar-refractivity contribution is -0.115. The molecule has 1 aromatic carbocycles. The van der Waals surface area contributed by atoms with Crippen molar-refractivity contribution in [1.29, 1.82) is 0 Å². The van der Waals surface area contributed by atoms with Gasteiger partial charge in [-0.1, -0.05) is 25.1 Å². The first kappa shape index (κ1) is 13.7. The first-order valence-corrected chi connectivity index (χ1v) is 7.49. The molecule has 21 heavy (non-hydrogen) atoms. The van der Waals surface area contributed by atoms with Gasteiger partial charge in [0.05, 0.1) is 16.9 Å². The summed E-state index contributed by atoms with van der Waals surface area (Å²) in [5, 5.41) is 3.38. The first-order chi connectivity index (χ1) is 10.3. The van der Waals surface area contributed by atoms with E-state index < -0.39 is 0 Å².